The minimum Gasteiger partial charge on any atom is -0.497 e. The summed E-state index contributed by atoms with van der Waals surface area (Å²) in [5, 5.41) is 9.31. The molecule has 0 aliphatic carbocycles. The van der Waals surface area contributed by atoms with Gasteiger partial charge in [0.05, 0.1) is 18.7 Å². The molecule has 0 spiro atoms. The molecule has 0 atom stereocenters. The molecule has 0 bridgehead atoms. The number of aliphatic hydroxyl groups excluding tert-OH is 1. The standard InChI is InChI=1S/C15H14ClFO3/c1-19-12-6-5-10(8-18)14(7-12)20-9-11-3-2-4-13(17)15(11)16/h2-7,18H,8-9H2,1H3. The number of hydrogen-bond donors (Lipinski definition) is 1. The number of halogens is 2. The molecule has 0 heterocycles. The van der Waals surface area contributed by atoms with Crippen LogP contribution in [0.5, 0.6) is 11.5 Å². The second kappa shape index (κ2) is 6.59. The first kappa shape index (κ1) is 14.6. The van der Waals surface area contributed by atoms with Gasteiger partial charge in [0.1, 0.15) is 23.9 Å². The maximum atomic E-state index is 13.3. The fraction of sp³-hybridized carbons (Fsp3) is 0.200. The zero-order valence-electron chi connectivity index (χ0n) is 10.9. The summed E-state index contributed by atoms with van der Waals surface area (Å²) in [5.41, 5.74) is 1.16. The Morgan fingerprint density at radius 2 is 2.00 bits per heavy atom. The zero-order valence-corrected chi connectivity index (χ0v) is 11.7. The third-order valence-corrected chi connectivity index (χ3v) is 3.28. The summed E-state index contributed by atoms with van der Waals surface area (Å²) in [4.78, 5) is 0. The van der Waals surface area contributed by atoms with Crippen molar-refractivity contribution in [3.8, 4) is 11.5 Å². The predicted molar refractivity (Wildman–Crippen MR) is 74.7 cm³/mol. The van der Waals surface area contributed by atoms with E-state index >= 15 is 0 Å². The number of ether oxygens (including phenoxy) is 2. The molecule has 0 amide bonds. The van der Waals surface area contributed by atoms with E-state index in [1.807, 2.05) is 0 Å². The fourth-order valence-electron chi connectivity index (χ4n) is 1.74. The van der Waals surface area contributed by atoms with Crippen LogP contribution in [0.4, 0.5) is 4.39 Å². The molecule has 5 heteroatoms. The molecule has 3 nitrogen and oxygen atoms in total. The topological polar surface area (TPSA) is 38.7 Å². The summed E-state index contributed by atoms with van der Waals surface area (Å²) < 4.78 is 24.0. The van der Waals surface area contributed by atoms with Gasteiger partial charge < -0.3 is 14.6 Å². The van der Waals surface area contributed by atoms with Crippen LogP contribution in [-0.2, 0) is 13.2 Å². The molecule has 2 rings (SSSR count). The minimum atomic E-state index is -0.485. The van der Waals surface area contributed by atoms with Crippen LogP contribution in [0.15, 0.2) is 36.4 Å². The van der Waals surface area contributed by atoms with Crippen LogP contribution in [0.3, 0.4) is 0 Å². The van der Waals surface area contributed by atoms with E-state index in [9.17, 15) is 9.50 Å². The Morgan fingerprint density at radius 3 is 2.70 bits per heavy atom. The molecule has 0 aliphatic rings. The van der Waals surface area contributed by atoms with Crippen LogP contribution >= 0.6 is 11.6 Å². The second-order valence-corrected chi connectivity index (χ2v) is 4.51. The quantitative estimate of drug-likeness (QED) is 0.917. The van der Waals surface area contributed by atoms with Gasteiger partial charge in [0.2, 0.25) is 0 Å². The molecule has 0 aromatic heterocycles. The monoisotopic (exact) mass is 296 g/mol. The van der Waals surface area contributed by atoms with Gasteiger partial charge in [0.15, 0.2) is 0 Å². The SMILES string of the molecule is COc1ccc(CO)c(OCc2cccc(F)c2Cl)c1. The van der Waals surface area contributed by atoms with E-state index in [1.54, 1.807) is 37.4 Å². The summed E-state index contributed by atoms with van der Waals surface area (Å²) in [7, 11) is 1.54. The first-order chi connectivity index (χ1) is 9.65. The van der Waals surface area contributed by atoms with Crippen LogP contribution in [0.2, 0.25) is 5.02 Å². The highest BCUT2D eigenvalue weighted by Crippen LogP contribution is 2.27. The van der Waals surface area contributed by atoms with Crippen molar-refractivity contribution < 1.29 is 19.0 Å². The highest BCUT2D eigenvalue weighted by molar-refractivity contribution is 6.31. The molecular formula is C15H14ClFO3. The smallest absolute Gasteiger partial charge is 0.142 e. The number of hydrogen-bond acceptors (Lipinski definition) is 3. The predicted octanol–water partition coefficient (Wildman–Crippen LogP) is 3.56. The van der Waals surface area contributed by atoms with Gasteiger partial charge >= 0.3 is 0 Å². The van der Waals surface area contributed by atoms with Gasteiger partial charge in [0.25, 0.3) is 0 Å². The van der Waals surface area contributed by atoms with Gasteiger partial charge in [-0.25, -0.2) is 4.39 Å². The van der Waals surface area contributed by atoms with E-state index in [2.05, 4.69) is 0 Å². The summed E-state index contributed by atoms with van der Waals surface area (Å²) >= 11 is 5.86. The van der Waals surface area contributed by atoms with Gasteiger partial charge in [-0.15, -0.1) is 0 Å². The van der Waals surface area contributed by atoms with Gasteiger partial charge in [-0.1, -0.05) is 23.7 Å². The van der Waals surface area contributed by atoms with Crippen LogP contribution in [0.1, 0.15) is 11.1 Å². The normalized spacial score (nSPS) is 10.4. The third-order valence-electron chi connectivity index (χ3n) is 2.86. The van der Waals surface area contributed by atoms with Crippen molar-refractivity contribution in [3.63, 3.8) is 0 Å². The fourth-order valence-corrected chi connectivity index (χ4v) is 1.92. The van der Waals surface area contributed by atoms with Crippen LogP contribution in [-0.4, -0.2) is 12.2 Å². The maximum absolute atomic E-state index is 13.3. The molecule has 2 aromatic rings. The lowest BCUT2D eigenvalue weighted by atomic mass is 10.2. The molecule has 0 saturated heterocycles. The molecule has 0 radical (unpaired) electrons. The Bertz CT molecular complexity index is 602. The van der Waals surface area contributed by atoms with Gasteiger partial charge in [-0.2, -0.15) is 0 Å². The van der Waals surface area contributed by atoms with E-state index < -0.39 is 5.82 Å². The highest BCUT2D eigenvalue weighted by atomic mass is 35.5. The van der Waals surface area contributed by atoms with E-state index in [0.29, 0.717) is 22.6 Å². The lowest BCUT2D eigenvalue weighted by molar-refractivity contribution is 0.258. The number of methoxy groups -OCH3 is 1. The summed E-state index contributed by atoms with van der Waals surface area (Å²) in [6.07, 6.45) is 0. The van der Waals surface area contributed by atoms with Crippen molar-refractivity contribution in [2.75, 3.05) is 7.11 Å². The van der Waals surface area contributed by atoms with E-state index in [1.165, 1.54) is 6.07 Å². The Hall–Kier alpha value is -1.78. The van der Waals surface area contributed by atoms with Crippen molar-refractivity contribution in [3.05, 3.63) is 58.4 Å². The van der Waals surface area contributed by atoms with E-state index in [-0.39, 0.29) is 18.2 Å². The molecule has 1 N–H and O–H groups in total. The average molecular weight is 297 g/mol. The number of rotatable bonds is 5. The van der Waals surface area contributed by atoms with Crippen molar-refractivity contribution in [1.82, 2.24) is 0 Å². The molecule has 0 saturated carbocycles. The van der Waals surface area contributed by atoms with Gasteiger partial charge in [-0.3, -0.25) is 0 Å². The summed E-state index contributed by atoms with van der Waals surface area (Å²) in [6, 6.07) is 9.65. The molecule has 2 aromatic carbocycles. The van der Waals surface area contributed by atoms with Gasteiger partial charge in [-0.05, 0) is 18.2 Å². The van der Waals surface area contributed by atoms with Crippen LogP contribution in [0, 0.1) is 5.82 Å². The van der Waals surface area contributed by atoms with Crippen molar-refractivity contribution in [2.24, 2.45) is 0 Å². The molecular weight excluding hydrogens is 283 g/mol. The van der Waals surface area contributed by atoms with Crippen molar-refractivity contribution in [1.29, 1.82) is 0 Å². The molecule has 0 fully saturated rings. The molecule has 0 unspecified atom stereocenters. The lowest BCUT2D eigenvalue weighted by Gasteiger charge is -2.12. The highest BCUT2D eigenvalue weighted by Gasteiger charge is 2.09. The Kier molecular flexibility index (Phi) is 4.82. The third kappa shape index (κ3) is 3.21. The molecule has 106 valence electrons. The van der Waals surface area contributed by atoms with E-state index in [4.69, 9.17) is 21.1 Å². The van der Waals surface area contributed by atoms with Crippen molar-refractivity contribution in [2.45, 2.75) is 13.2 Å². The van der Waals surface area contributed by atoms with Gasteiger partial charge in [0, 0.05) is 17.2 Å². The zero-order chi connectivity index (χ0) is 14.5. The molecule has 20 heavy (non-hydrogen) atoms. The Morgan fingerprint density at radius 1 is 1.20 bits per heavy atom. The molecule has 0 aliphatic heterocycles. The second-order valence-electron chi connectivity index (χ2n) is 4.13. The Balaban J connectivity index is 2.19. The average Bonchev–Trinajstić information content (AvgIpc) is 2.48. The summed E-state index contributed by atoms with van der Waals surface area (Å²) in [6.45, 7) is -0.0486. The number of benzene rings is 2. The van der Waals surface area contributed by atoms with Crippen LogP contribution in [0.25, 0.3) is 0 Å². The van der Waals surface area contributed by atoms with E-state index in [0.717, 1.165) is 0 Å². The minimum absolute atomic E-state index is 0.0425. The van der Waals surface area contributed by atoms with Crippen LogP contribution < -0.4 is 9.47 Å². The largest absolute Gasteiger partial charge is 0.497 e. The van der Waals surface area contributed by atoms with Crippen molar-refractivity contribution >= 4 is 11.6 Å². The first-order valence-corrected chi connectivity index (χ1v) is 6.37. The Labute approximate surface area is 121 Å². The number of aliphatic hydroxyl groups is 1. The summed E-state index contributed by atoms with van der Waals surface area (Å²) in [5.74, 6) is 0.607. The lowest BCUT2D eigenvalue weighted by Crippen LogP contribution is -2.00. The maximum Gasteiger partial charge on any atom is 0.142 e. The first-order valence-electron chi connectivity index (χ1n) is 5.99.